The lowest BCUT2D eigenvalue weighted by Crippen LogP contribution is -2.29. The summed E-state index contributed by atoms with van der Waals surface area (Å²) in [5.74, 6) is 1.93. The molecule has 4 heteroatoms. The second-order valence-electron chi connectivity index (χ2n) is 5.96. The van der Waals surface area contributed by atoms with Crippen molar-refractivity contribution >= 4 is 0 Å². The van der Waals surface area contributed by atoms with Crippen LogP contribution in [0.4, 0.5) is 0 Å². The fourth-order valence-electron chi connectivity index (χ4n) is 3.35. The van der Waals surface area contributed by atoms with Crippen LogP contribution in [0.2, 0.25) is 0 Å². The predicted molar refractivity (Wildman–Crippen MR) is 82.5 cm³/mol. The van der Waals surface area contributed by atoms with Crippen molar-refractivity contribution in [3.05, 3.63) is 56.9 Å². The van der Waals surface area contributed by atoms with Crippen LogP contribution in [-0.4, -0.2) is 4.98 Å². The third-order valence-corrected chi connectivity index (χ3v) is 4.33. The Kier molecular flexibility index (Phi) is 3.72. The number of rotatable bonds is 3. The fourth-order valence-corrected chi connectivity index (χ4v) is 3.35. The van der Waals surface area contributed by atoms with Gasteiger partial charge in [-0.1, -0.05) is 6.07 Å². The van der Waals surface area contributed by atoms with E-state index in [1.54, 1.807) is 6.07 Å². The van der Waals surface area contributed by atoms with Crippen LogP contribution in [0.25, 0.3) is 0 Å². The summed E-state index contributed by atoms with van der Waals surface area (Å²) >= 11 is 0. The van der Waals surface area contributed by atoms with Crippen molar-refractivity contribution in [1.82, 2.24) is 10.3 Å². The van der Waals surface area contributed by atoms with Crippen molar-refractivity contribution in [1.29, 1.82) is 0 Å². The Morgan fingerprint density at radius 3 is 2.90 bits per heavy atom. The van der Waals surface area contributed by atoms with Gasteiger partial charge in [-0.15, -0.1) is 0 Å². The number of pyridine rings is 1. The molecule has 2 aromatic rings. The molecule has 2 unspecified atom stereocenters. The summed E-state index contributed by atoms with van der Waals surface area (Å²) in [6, 6.07) is 6.20. The molecule has 2 N–H and O–H groups in total. The van der Waals surface area contributed by atoms with E-state index in [4.69, 9.17) is 4.42 Å². The molecule has 112 valence electrons. The number of nitrogens with one attached hydrogen (secondary N) is 2. The highest BCUT2D eigenvalue weighted by Crippen LogP contribution is 2.31. The van der Waals surface area contributed by atoms with Gasteiger partial charge in [0.2, 0.25) is 5.56 Å². The monoisotopic (exact) mass is 286 g/mol. The van der Waals surface area contributed by atoms with Crippen LogP contribution in [0.5, 0.6) is 0 Å². The third kappa shape index (κ3) is 2.81. The molecular weight excluding hydrogens is 264 g/mol. The highest BCUT2D eigenvalue weighted by Gasteiger charge is 2.23. The molecule has 1 aliphatic carbocycles. The van der Waals surface area contributed by atoms with E-state index in [0.29, 0.717) is 0 Å². The SMILES string of the molecule is Cc1cc(C(C)NC2CCCc3[nH]c(=O)ccc32)c(C)o1. The summed E-state index contributed by atoms with van der Waals surface area (Å²) in [4.78, 5) is 14.4. The molecule has 0 aliphatic heterocycles. The number of furan rings is 1. The zero-order valence-electron chi connectivity index (χ0n) is 12.8. The van der Waals surface area contributed by atoms with Crippen LogP contribution in [-0.2, 0) is 6.42 Å². The zero-order chi connectivity index (χ0) is 15.0. The van der Waals surface area contributed by atoms with E-state index in [1.165, 1.54) is 11.1 Å². The summed E-state index contributed by atoms with van der Waals surface area (Å²) in [5.41, 5.74) is 3.51. The van der Waals surface area contributed by atoms with Gasteiger partial charge in [-0.2, -0.15) is 0 Å². The van der Waals surface area contributed by atoms with Gasteiger partial charge in [-0.05, 0) is 51.7 Å². The maximum atomic E-state index is 11.5. The molecule has 4 nitrogen and oxygen atoms in total. The Balaban J connectivity index is 1.83. The number of aromatic amines is 1. The molecule has 0 saturated heterocycles. The van der Waals surface area contributed by atoms with E-state index < -0.39 is 0 Å². The van der Waals surface area contributed by atoms with Crippen LogP contribution in [0, 0.1) is 13.8 Å². The maximum absolute atomic E-state index is 11.5. The molecule has 2 atom stereocenters. The lowest BCUT2D eigenvalue weighted by molar-refractivity contribution is 0.406. The quantitative estimate of drug-likeness (QED) is 0.910. The molecule has 21 heavy (non-hydrogen) atoms. The van der Waals surface area contributed by atoms with Gasteiger partial charge < -0.3 is 14.7 Å². The minimum absolute atomic E-state index is 0.0104. The van der Waals surface area contributed by atoms with Gasteiger partial charge in [-0.25, -0.2) is 0 Å². The minimum Gasteiger partial charge on any atom is -0.466 e. The first-order chi connectivity index (χ1) is 10.0. The molecule has 0 saturated carbocycles. The Bertz CT molecular complexity index is 699. The van der Waals surface area contributed by atoms with E-state index in [-0.39, 0.29) is 17.6 Å². The van der Waals surface area contributed by atoms with Crippen LogP contribution < -0.4 is 10.9 Å². The summed E-state index contributed by atoms with van der Waals surface area (Å²) in [5, 5.41) is 3.68. The Labute approximate surface area is 124 Å². The van der Waals surface area contributed by atoms with Crippen LogP contribution in [0.15, 0.2) is 27.4 Å². The fraction of sp³-hybridized carbons (Fsp3) is 0.471. The summed E-state index contributed by atoms with van der Waals surface area (Å²) in [6.45, 7) is 6.15. The van der Waals surface area contributed by atoms with Crippen molar-refractivity contribution in [2.24, 2.45) is 0 Å². The van der Waals surface area contributed by atoms with Gasteiger partial charge in [0.25, 0.3) is 0 Å². The lowest BCUT2D eigenvalue weighted by Gasteiger charge is -2.28. The van der Waals surface area contributed by atoms with Crippen LogP contribution >= 0.6 is 0 Å². The number of hydrogen-bond acceptors (Lipinski definition) is 3. The van der Waals surface area contributed by atoms with E-state index in [2.05, 4.69) is 23.3 Å². The minimum atomic E-state index is -0.0104. The number of fused-ring (bicyclic) bond motifs is 1. The molecule has 0 bridgehead atoms. The first-order valence-corrected chi connectivity index (χ1v) is 7.59. The Morgan fingerprint density at radius 2 is 2.19 bits per heavy atom. The molecule has 2 heterocycles. The molecule has 1 aliphatic rings. The Morgan fingerprint density at radius 1 is 1.38 bits per heavy atom. The number of H-pyrrole nitrogens is 1. The van der Waals surface area contributed by atoms with Gasteiger partial charge in [0.05, 0.1) is 0 Å². The van der Waals surface area contributed by atoms with Crippen molar-refractivity contribution in [3.63, 3.8) is 0 Å². The van der Waals surface area contributed by atoms with E-state index in [9.17, 15) is 4.79 Å². The standard InChI is InChI=1S/C17H22N2O2/c1-10-9-14(12(3)21-10)11(2)18-15-5-4-6-16-13(15)7-8-17(20)19-16/h7-9,11,15,18H,4-6H2,1-3H3,(H,19,20). The molecular formula is C17H22N2O2. The molecule has 0 fully saturated rings. The summed E-state index contributed by atoms with van der Waals surface area (Å²) in [7, 11) is 0. The van der Waals surface area contributed by atoms with Gasteiger partial charge >= 0.3 is 0 Å². The van der Waals surface area contributed by atoms with Crippen molar-refractivity contribution in [2.45, 2.75) is 52.1 Å². The highest BCUT2D eigenvalue weighted by molar-refractivity contribution is 5.28. The molecule has 0 aromatic carbocycles. The van der Waals surface area contributed by atoms with Crippen molar-refractivity contribution < 1.29 is 4.42 Å². The first kappa shape index (κ1) is 14.1. The number of hydrogen-bond donors (Lipinski definition) is 2. The summed E-state index contributed by atoms with van der Waals surface area (Å²) < 4.78 is 5.62. The van der Waals surface area contributed by atoms with Crippen LogP contribution in [0.1, 0.15) is 60.2 Å². The van der Waals surface area contributed by atoms with Crippen LogP contribution in [0.3, 0.4) is 0 Å². The second-order valence-corrected chi connectivity index (χ2v) is 5.96. The normalized spacial score (nSPS) is 19.3. The summed E-state index contributed by atoms with van der Waals surface area (Å²) in [6.07, 6.45) is 3.15. The van der Waals surface area contributed by atoms with Crippen molar-refractivity contribution in [3.8, 4) is 0 Å². The largest absolute Gasteiger partial charge is 0.466 e. The Hall–Kier alpha value is -1.81. The first-order valence-electron chi connectivity index (χ1n) is 7.59. The van der Waals surface area contributed by atoms with E-state index in [1.807, 2.05) is 19.9 Å². The highest BCUT2D eigenvalue weighted by atomic mass is 16.3. The molecule has 2 aromatic heterocycles. The van der Waals surface area contributed by atoms with Gasteiger partial charge in [0, 0.05) is 29.4 Å². The average molecular weight is 286 g/mol. The lowest BCUT2D eigenvalue weighted by atomic mass is 9.90. The predicted octanol–water partition coefficient (Wildman–Crippen LogP) is 3.31. The molecule has 0 radical (unpaired) electrons. The molecule has 0 spiro atoms. The topological polar surface area (TPSA) is 58.0 Å². The number of aryl methyl sites for hydroxylation is 3. The average Bonchev–Trinajstić information content (AvgIpc) is 2.77. The smallest absolute Gasteiger partial charge is 0.248 e. The van der Waals surface area contributed by atoms with Gasteiger partial charge in [0.1, 0.15) is 11.5 Å². The second kappa shape index (κ2) is 5.53. The van der Waals surface area contributed by atoms with Gasteiger partial charge in [0.15, 0.2) is 0 Å². The maximum Gasteiger partial charge on any atom is 0.248 e. The number of aromatic nitrogens is 1. The van der Waals surface area contributed by atoms with Crippen molar-refractivity contribution in [2.75, 3.05) is 0 Å². The molecule has 3 rings (SSSR count). The zero-order valence-corrected chi connectivity index (χ0v) is 12.8. The van der Waals surface area contributed by atoms with Gasteiger partial charge in [-0.3, -0.25) is 4.79 Å². The molecule has 0 amide bonds. The van der Waals surface area contributed by atoms with E-state index >= 15 is 0 Å². The third-order valence-electron chi connectivity index (χ3n) is 4.33. The van der Waals surface area contributed by atoms with E-state index in [0.717, 1.165) is 36.5 Å².